The number of benzene rings is 1. The first kappa shape index (κ1) is 20.1. The van der Waals surface area contributed by atoms with Crippen LogP contribution >= 0.6 is 0 Å². The predicted octanol–water partition coefficient (Wildman–Crippen LogP) is 4.25. The van der Waals surface area contributed by atoms with Crippen molar-refractivity contribution in [2.45, 2.75) is 45.3 Å². The van der Waals surface area contributed by atoms with Crippen LogP contribution in [0.25, 0.3) is 0 Å². The number of carbonyl (C=O) groups is 1. The smallest absolute Gasteiger partial charge is 0.241 e. The van der Waals surface area contributed by atoms with Crippen molar-refractivity contribution >= 4 is 11.6 Å². The number of amides is 1. The van der Waals surface area contributed by atoms with Crippen molar-refractivity contribution in [3.63, 3.8) is 0 Å². The molecule has 1 unspecified atom stereocenters. The van der Waals surface area contributed by atoms with Crippen LogP contribution in [0, 0.1) is 0 Å². The normalized spacial score (nSPS) is 16.7. The summed E-state index contributed by atoms with van der Waals surface area (Å²) in [5.41, 5.74) is 1.79. The largest absolute Gasteiger partial charge is 0.454 e. The molecule has 1 aromatic carbocycles. The molecule has 1 fully saturated rings. The highest BCUT2D eigenvalue weighted by Gasteiger charge is 2.31. The highest BCUT2D eigenvalue weighted by atomic mass is 16.5. The lowest BCUT2D eigenvalue weighted by atomic mass is 10.2. The van der Waals surface area contributed by atoms with Gasteiger partial charge in [0, 0.05) is 30.5 Å². The highest BCUT2D eigenvalue weighted by Crippen LogP contribution is 2.30. The van der Waals surface area contributed by atoms with E-state index in [-0.39, 0.29) is 11.9 Å². The van der Waals surface area contributed by atoms with Gasteiger partial charge in [-0.15, -0.1) is 0 Å². The SMILES string of the molecule is CC(C)n1cc(CN2CCCC2C(=O)Nc2ccccc2Oc2cccnc2)cn1. The first-order chi connectivity index (χ1) is 14.6. The first-order valence-electron chi connectivity index (χ1n) is 10.3. The lowest BCUT2D eigenvalue weighted by Crippen LogP contribution is -2.39. The molecule has 0 aliphatic carbocycles. The van der Waals surface area contributed by atoms with Crippen LogP contribution in [0.2, 0.25) is 0 Å². The van der Waals surface area contributed by atoms with Crippen molar-refractivity contribution in [3.8, 4) is 11.5 Å². The van der Waals surface area contributed by atoms with Crippen LogP contribution in [-0.4, -0.2) is 38.2 Å². The maximum absolute atomic E-state index is 13.1. The zero-order chi connectivity index (χ0) is 20.9. The van der Waals surface area contributed by atoms with Crippen molar-refractivity contribution in [2.24, 2.45) is 0 Å². The summed E-state index contributed by atoms with van der Waals surface area (Å²) in [6.45, 7) is 5.83. The number of nitrogens with one attached hydrogen (secondary N) is 1. The number of carbonyl (C=O) groups excluding carboxylic acids is 1. The number of hydrogen-bond donors (Lipinski definition) is 1. The van der Waals surface area contributed by atoms with Crippen LogP contribution in [-0.2, 0) is 11.3 Å². The number of rotatable bonds is 7. The summed E-state index contributed by atoms with van der Waals surface area (Å²) >= 11 is 0. The minimum atomic E-state index is -0.168. The Labute approximate surface area is 176 Å². The molecule has 0 radical (unpaired) electrons. The lowest BCUT2D eigenvalue weighted by molar-refractivity contribution is -0.120. The van der Waals surface area contributed by atoms with E-state index < -0.39 is 0 Å². The van der Waals surface area contributed by atoms with Gasteiger partial charge in [-0.25, -0.2) is 0 Å². The predicted molar refractivity (Wildman–Crippen MR) is 115 cm³/mol. The fourth-order valence-electron chi connectivity index (χ4n) is 3.70. The fraction of sp³-hybridized carbons (Fsp3) is 0.348. The Balaban J connectivity index is 1.44. The van der Waals surface area contributed by atoms with Gasteiger partial charge < -0.3 is 10.1 Å². The minimum absolute atomic E-state index is 0.00834. The summed E-state index contributed by atoms with van der Waals surface area (Å²) < 4.78 is 7.87. The molecular formula is C23H27N5O2. The number of aromatic nitrogens is 3. The van der Waals surface area contributed by atoms with E-state index >= 15 is 0 Å². The van der Waals surface area contributed by atoms with E-state index in [9.17, 15) is 4.79 Å². The van der Waals surface area contributed by atoms with E-state index in [0.717, 1.165) is 31.5 Å². The Hall–Kier alpha value is -3.19. The zero-order valence-corrected chi connectivity index (χ0v) is 17.4. The molecule has 1 N–H and O–H groups in total. The van der Waals surface area contributed by atoms with Gasteiger partial charge in [-0.1, -0.05) is 12.1 Å². The van der Waals surface area contributed by atoms with Gasteiger partial charge in [0.05, 0.1) is 24.1 Å². The van der Waals surface area contributed by atoms with Gasteiger partial charge in [-0.2, -0.15) is 5.10 Å². The molecule has 0 spiro atoms. The van der Waals surface area contributed by atoms with Crippen molar-refractivity contribution in [3.05, 3.63) is 66.7 Å². The quantitative estimate of drug-likeness (QED) is 0.636. The van der Waals surface area contributed by atoms with E-state index in [2.05, 4.69) is 40.3 Å². The Morgan fingerprint density at radius 1 is 1.23 bits per heavy atom. The molecule has 156 valence electrons. The topological polar surface area (TPSA) is 72.3 Å². The Morgan fingerprint density at radius 3 is 2.87 bits per heavy atom. The van der Waals surface area contributed by atoms with Crippen molar-refractivity contribution in [1.82, 2.24) is 19.7 Å². The summed E-state index contributed by atoms with van der Waals surface area (Å²) in [6, 6.07) is 11.3. The number of para-hydroxylation sites is 2. The number of ether oxygens (including phenoxy) is 1. The highest BCUT2D eigenvalue weighted by molar-refractivity contribution is 5.96. The average molecular weight is 406 g/mol. The van der Waals surface area contributed by atoms with Gasteiger partial charge in [-0.3, -0.25) is 19.4 Å². The third kappa shape index (κ3) is 4.68. The Morgan fingerprint density at radius 2 is 2.10 bits per heavy atom. The second kappa shape index (κ2) is 9.09. The van der Waals surface area contributed by atoms with Gasteiger partial charge in [0.2, 0.25) is 5.91 Å². The van der Waals surface area contributed by atoms with Gasteiger partial charge in [0.25, 0.3) is 0 Å². The molecule has 0 saturated carbocycles. The molecule has 1 aliphatic rings. The Kier molecular flexibility index (Phi) is 6.09. The van der Waals surface area contributed by atoms with E-state index in [1.807, 2.05) is 47.3 Å². The van der Waals surface area contributed by atoms with Crippen molar-refractivity contribution in [1.29, 1.82) is 0 Å². The molecular weight excluding hydrogens is 378 g/mol. The van der Waals surface area contributed by atoms with Gasteiger partial charge in [-0.05, 0) is 57.5 Å². The summed E-state index contributed by atoms with van der Waals surface area (Å²) in [5.74, 6) is 1.22. The van der Waals surface area contributed by atoms with Gasteiger partial charge >= 0.3 is 0 Å². The number of likely N-dealkylation sites (tertiary alicyclic amines) is 1. The maximum atomic E-state index is 13.1. The lowest BCUT2D eigenvalue weighted by Gasteiger charge is -2.23. The minimum Gasteiger partial charge on any atom is -0.454 e. The third-order valence-electron chi connectivity index (χ3n) is 5.24. The van der Waals surface area contributed by atoms with Crippen LogP contribution < -0.4 is 10.1 Å². The molecule has 7 nitrogen and oxygen atoms in total. The molecule has 7 heteroatoms. The molecule has 0 bridgehead atoms. The molecule has 2 aromatic heterocycles. The molecule has 1 amide bonds. The van der Waals surface area contributed by atoms with Crippen molar-refractivity contribution in [2.75, 3.05) is 11.9 Å². The number of nitrogens with zero attached hydrogens (tertiary/aromatic N) is 4. The maximum Gasteiger partial charge on any atom is 0.241 e. The van der Waals surface area contributed by atoms with E-state index in [1.165, 1.54) is 0 Å². The Bertz CT molecular complexity index is 986. The molecule has 1 atom stereocenters. The van der Waals surface area contributed by atoms with E-state index in [4.69, 9.17) is 4.74 Å². The van der Waals surface area contributed by atoms with Crippen LogP contribution in [0.1, 0.15) is 38.3 Å². The average Bonchev–Trinajstić information content (AvgIpc) is 3.40. The molecule has 30 heavy (non-hydrogen) atoms. The molecule has 1 aliphatic heterocycles. The van der Waals surface area contributed by atoms with Gasteiger partial charge in [0.15, 0.2) is 5.75 Å². The van der Waals surface area contributed by atoms with Crippen LogP contribution in [0.4, 0.5) is 5.69 Å². The number of anilines is 1. The molecule has 4 rings (SSSR count). The van der Waals surface area contributed by atoms with Gasteiger partial charge in [0.1, 0.15) is 5.75 Å². The standard InChI is InChI=1S/C23H27N5O2/c1-17(2)28-16-18(13-25-28)15-27-12-6-9-21(27)23(29)26-20-8-3-4-10-22(20)30-19-7-5-11-24-14-19/h3-5,7-8,10-11,13-14,16-17,21H,6,9,12,15H2,1-2H3,(H,26,29). The zero-order valence-electron chi connectivity index (χ0n) is 17.4. The number of hydrogen-bond acceptors (Lipinski definition) is 5. The third-order valence-corrected chi connectivity index (χ3v) is 5.24. The van der Waals surface area contributed by atoms with Crippen LogP contribution in [0.15, 0.2) is 61.2 Å². The first-order valence-corrected chi connectivity index (χ1v) is 10.3. The summed E-state index contributed by atoms with van der Waals surface area (Å²) in [7, 11) is 0. The molecule has 3 heterocycles. The monoisotopic (exact) mass is 405 g/mol. The van der Waals surface area contributed by atoms with Crippen molar-refractivity contribution < 1.29 is 9.53 Å². The summed E-state index contributed by atoms with van der Waals surface area (Å²) in [6.07, 6.45) is 9.15. The van der Waals surface area contributed by atoms with Crippen LogP contribution in [0.3, 0.4) is 0 Å². The second-order valence-corrected chi connectivity index (χ2v) is 7.83. The van der Waals surface area contributed by atoms with E-state index in [1.54, 1.807) is 12.4 Å². The fourth-order valence-corrected chi connectivity index (χ4v) is 3.70. The van der Waals surface area contributed by atoms with E-state index in [0.29, 0.717) is 23.2 Å². The van der Waals surface area contributed by atoms with Crippen LogP contribution in [0.5, 0.6) is 11.5 Å². The molecule has 1 saturated heterocycles. The second-order valence-electron chi connectivity index (χ2n) is 7.83. The summed E-state index contributed by atoms with van der Waals surface area (Å²) in [5, 5.41) is 7.48. The number of pyridine rings is 1. The molecule has 3 aromatic rings. The summed E-state index contributed by atoms with van der Waals surface area (Å²) in [4.78, 5) is 19.4.